The fraction of sp³-hybridized carbons (Fsp3) is 0.412. The average molecular weight is 381 g/mol. The van der Waals surface area contributed by atoms with Gasteiger partial charge in [-0.25, -0.2) is 8.89 Å². The van der Waals surface area contributed by atoms with Crippen molar-refractivity contribution in [1.29, 1.82) is 0 Å². The first-order valence-corrected chi connectivity index (χ1v) is 9.90. The third kappa shape index (κ3) is 3.52. The van der Waals surface area contributed by atoms with Crippen LogP contribution in [0.2, 0.25) is 0 Å². The molecule has 0 saturated heterocycles. The van der Waals surface area contributed by atoms with Gasteiger partial charge < -0.3 is 14.6 Å². The number of ketones is 1. The summed E-state index contributed by atoms with van der Waals surface area (Å²) in [4.78, 5) is 12.9. The first kappa shape index (κ1) is 19.8. The summed E-state index contributed by atoms with van der Waals surface area (Å²) in [5.41, 5.74) is 0.427. The smallest absolute Gasteiger partial charge is 0.220 e. The van der Waals surface area contributed by atoms with Crippen LogP contribution in [-0.4, -0.2) is 50.6 Å². The minimum Gasteiger partial charge on any atom is -0.494 e. The van der Waals surface area contributed by atoms with Crippen molar-refractivity contribution >= 4 is 21.2 Å². The Morgan fingerprint density at radius 1 is 1.23 bits per heavy atom. The number of aryl methyl sites for hydroxylation is 1. The lowest BCUT2D eigenvalue weighted by atomic mass is 10.0. The molecule has 0 atom stereocenters. The second-order valence-electron chi connectivity index (χ2n) is 5.47. The zero-order valence-electron chi connectivity index (χ0n) is 15.5. The highest BCUT2D eigenvalue weighted by atomic mass is 32.2. The van der Waals surface area contributed by atoms with Crippen LogP contribution in [-0.2, 0) is 16.8 Å². The van der Waals surface area contributed by atoms with Crippen LogP contribution in [0.25, 0.3) is 0 Å². The molecule has 1 aromatic carbocycles. The van der Waals surface area contributed by atoms with Gasteiger partial charge in [-0.15, -0.1) is 0 Å². The zero-order valence-corrected chi connectivity index (χ0v) is 16.3. The summed E-state index contributed by atoms with van der Waals surface area (Å²) in [6, 6.07) is 3.08. The van der Waals surface area contributed by atoms with Gasteiger partial charge in [0.25, 0.3) is 0 Å². The number of hydrogen-bond acceptors (Lipinski definition) is 7. The Hall–Kier alpha value is -2.55. The van der Waals surface area contributed by atoms with Gasteiger partial charge in [-0.3, -0.25) is 4.79 Å². The van der Waals surface area contributed by atoms with Gasteiger partial charge in [0.2, 0.25) is 11.7 Å². The Labute approximate surface area is 152 Å². The van der Waals surface area contributed by atoms with E-state index >= 15 is 0 Å². The van der Waals surface area contributed by atoms with Crippen LogP contribution in [0.1, 0.15) is 29.8 Å². The molecule has 1 heterocycles. The van der Waals surface area contributed by atoms with E-state index in [1.54, 1.807) is 19.9 Å². The Morgan fingerprint density at radius 2 is 1.88 bits per heavy atom. The van der Waals surface area contributed by atoms with Crippen LogP contribution in [0.4, 0.5) is 5.69 Å². The van der Waals surface area contributed by atoms with Gasteiger partial charge >= 0.3 is 0 Å². The van der Waals surface area contributed by atoms with E-state index in [-0.39, 0.29) is 28.4 Å². The molecule has 2 rings (SSSR count). The number of aromatic nitrogens is 2. The van der Waals surface area contributed by atoms with Gasteiger partial charge in [0.1, 0.15) is 11.3 Å². The van der Waals surface area contributed by atoms with Gasteiger partial charge in [-0.1, -0.05) is 13.8 Å². The Morgan fingerprint density at radius 3 is 2.35 bits per heavy atom. The van der Waals surface area contributed by atoms with E-state index < -0.39 is 15.5 Å². The molecule has 8 nitrogen and oxygen atoms in total. The van der Waals surface area contributed by atoms with E-state index in [9.17, 15) is 14.1 Å². The normalized spacial score (nSPS) is 11.3. The number of carbonyl (C=O) groups is 1. The van der Waals surface area contributed by atoms with Gasteiger partial charge in [0, 0.05) is 18.6 Å². The summed E-state index contributed by atoms with van der Waals surface area (Å²) in [6.45, 7) is 3.58. The maximum absolute atomic E-state index is 12.9. The van der Waals surface area contributed by atoms with E-state index in [2.05, 4.69) is 9.46 Å². The summed E-state index contributed by atoms with van der Waals surface area (Å²) < 4.78 is 29.1. The first-order chi connectivity index (χ1) is 12.3. The predicted octanol–water partition coefficient (Wildman–Crippen LogP) is 2.51. The summed E-state index contributed by atoms with van der Waals surface area (Å²) in [5, 5.41) is 13.9. The maximum Gasteiger partial charge on any atom is 0.220 e. The molecule has 0 unspecified atom stereocenters. The second kappa shape index (κ2) is 7.77. The topological polar surface area (TPSA) is 103 Å². The first-order valence-electron chi connectivity index (χ1n) is 8.05. The molecule has 0 aliphatic rings. The molecule has 0 fully saturated rings. The Balaban J connectivity index is 2.74. The Kier molecular flexibility index (Phi) is 5.91. The van der Waals surface area contributed by atoms with Crippen LogP contribution in [0.3, 0.4) is 0 Å². The lowest BCUT2D eigenvalue weighted by Gasteiger charge is -2.15. The molecule has 9 heteroatoms. The summed E-state index contributed by atoms with van der Waals surface area (Å²) in [5.74, 6) is 0.480. The van der Waals surface area contributed by atoms with Gasteiger partial charge in [-0.2, -0.15) is 9.46 Å². The minimum absolute atomic E-state index is 0.0358. The maximum atomic E-state index is 12.9. The van der Waals surface area contributed by atoms with Crippen LogP contribution >= 0.6 is 0 Å². The molecule has 0 bridgehead atoms. The highest BCUT2D eigenvalue weighted by molar-refractivity contribution is 7.93. The largest absolute Gasteiger partial charge is 0.494 e. The monoisotopic (exact) mass is 381 g/mol. The number of nitrogens with zero attached hydrogens (tertiary/aromatic N) is 3. The molecule has 26 heavy (non-hydrogen) atoms. The second-order valence-corrected chi connectivity index (χ2v) is 8.36. The highest BCUT2D eigenvalue weighted by Gasteiger charge is 2.25. The number of methoxy groups -OCH3 is 2. The number of hydrogen-bond donors (Lipinski definition) is 1. The number of rotatable bonds is 7. The fourth-order valence-corrected chi connectivity index (χ4v) is 3.60. The standard InChI is InChI=1S/C17H23N3O5S/c1-6-26(23,7-2)19-14-13(24-4)9-8-11(16(14)25-5)15(21)12-10-18-20(3)17(12)22/h8-10,22H,6-7H2,1-5H3. The van der Waals surface area contributed by atoms with Crippen molar-refractivity contribution in [1.82, 2.24) is 9.78 Å². The van der Waals surface area contributed by atoms with Crippen LogP contribution in [0.15, 0.2) is 22.7 Å². The highest BCUT2D eigenvalue weighted by Crippen LogP contribution is 2.42. The predicted molar refractivity (Wildman–Crippen MR) is 99.2 cm³/mol. The molecule has 2 aromatic rings. The quantitative estimate of drug-likeness (QED) is 0.739. The molecular weight excluding hydrogens is 358 g/mol. The molecule has 0 aliphatic carbocycles. The van der Waals surface area contributed by atoms with Crippen molar-refractivity contribution in [3.05, 3.63) is 29.5 Å². The zero-order chi connectivity index (χ0) is 19.5. The van der Waals surface area contributed by atoms with E-state index in [0.29, 0.717) is 17.3 Å². The number of ether oxygens (including phenoxy) is 2. The average Bonchev–Trinajstić information content (AvgIpc) is 2.99. The van der Waals surface area contributed by atoms with Crippen LogP contribution in [0.5, 0.6) is 17.4 Å². The third-order valence-corrected chi connectivity index (χ3v) is 6.39. The van der Waals surface area contributed by atoms with Gasteiger partial charge in [0.05, 0.1) is 35.7 Å². The minimum atomic E-state index is -2.51. The molecule has 0 saturated carbocycles. The van der Waals surface area contributed by atoms with Crippen molar-refractivity contribution in [2.45, 2.75) is 13.8 Å². The molecule has 0 amide bonds. The van der Waals surface area contributed by atoms with Crippen LogP contribution < -0.4 is 9.47 Å². The van der Waals surface area contributed by atoms with Crippen molar-refractivity contribution in [3.8, 4) is 17.4 Å². The SMILES string of the molecule is CCS(=O)(CC)=Nc1c(OC)ccc(C(=O)c2cnn(C)c2O)c1OC. The number of aromatic hydroxyl groups is 1. The summed E-state index contributed by atoms with van der Waals surface area (Å²) in [7, 11) is 1.87. The van der Waals surface area contributed by atoms with E-state index in [1.807, 2.05) is 0 Å². The van der Waals surface area contributed by atoms with E-state index in [1.165, 1.54) is 38.2 Å². The molecule has 0 spiro atoms. The lowest BCUT2D eigenvalue weighted by molar-refractivity contribution is 0.103. The van der Waals surface area contributed by atoms with Gasteiger partial charge in [-0.05, 0) is 12.1 Å². The molecule has 1 N–H and O–H groups in total. The van der Waals surface area contributed by atoms with Crippen molar-refractivity contribution in [2.75, 3.05) is 25.7 Å². The summed E-state index contributed by atoms with van der Waals surface area (Å²) in [6.07, 6.45) is 1.28. The number of carbonyl (C=O) groups excluding carboxylic acids is 1. The molecule has 1 aromatic heterocycles. The van der Waals surface area contributed by atoms with E-state index in [0.717, 1.165) is 0 Å². The van der Waals surface area contributed by atoms with Crippen molar-refractivity contribution in [3.63, 3.8) is 0 Å². The molecule has 0 radical (unpaired) electrons. The fourth-order valence-electron chi connectivity index (χ4n) is 2.43. The molecule has 0 aliphatic heterocycles. The van der Waals surface area contributed by atoms with Crippen molar-refractivity contribution in [2.24, 2.45) is 11.4 Å². The Bertz CT molecular complexity index is 932. The van der Waals surface area contributed by atoms with Gasteiger partial charge in [0.15, 0.2) is 11.4 Å². The molecular formula is C17H23N3O5S. The van der Waals surface area contributed by atoms with Crippen molar-refractivity contribution < 1.29 is 23.6 Å². The third-order valence-electron chi connectivity index (χ3n) is 4.08. The van der Waals surface area contributed by atoms with Crippen LogP contribution in [0, 0.1) is 0 Å². The summed E-state index contributed by atoms with van der Waals surface area (Å²) >= 11 is 0. The lowest BCUT2D eigenvalue weighted by Crippen LogP contribution is -2.07. The molecule has 142 valence electrons. The number of benzene rings is 1. The van der Waals surface area contributed by atoms with E-state index in [4.69, 9.17) is 9.47 Å².